The van der Waals surface area contributed by atoms with Gasteiger partial charge in [0.15, 0.2) is 0 Å². The van der Waals surface area contributed by atoms with E-state index in [4.69, 9.17) is 0 Å². The molecule has 4 rings (SSSR count). The minimum atomic E-state index is -0.944. The van der Waals surface area contributed by atoms with Gasteiger partial charge in [-0.3, -0.25) is 40.0 Å². The second-order valence-electron chi connectivity index (χ2n) is 8.55. The quantitative estimate of drug-likeness (QED) is 0.330. The molecule has 0 atom stereocenters. The highest BCUT2D eigenvalue weighted by molar-refractivity contribution is 5.82. The maximum absolute atomic E-state index is 13.1. The van der Waals surface area contributed by atoms with Crippen molar-refractivity contribution in [2.45, 2.75) is 12.5 Å². The van der Waals surface area contributed by atoms with E-state index in [-0.39, 0.29) is 6.04 Å². The van der Waals surface area contributed by atoms with Gasteiger partial charge in [-0.2, -0.15) is 0 Å². The van der Waals surface area contributed by atoms with Crippen LogP contribution in [0.25, 0.3) is 0 Å². The average molecular weight is 505 g/mol. The minimum absolute atomic E-state index is 0.0310. The molecule has 0 bridgehead atoms. The Morgan fingerprint density at radius 1 is 0.730 bits per heavy atom. The molecule has 12 nitrogen and oxygen atoms in total. The third-order valence-electron chi connectivity index (χ3n) is 6.38. The first kappa shape index (κ1) is 25.4. The van der Waals surface area contributed by atoms with Crippen molar-refractivity contribution in [1.82, 2.24) is 9.80 Å². The molecule has 1 heterocycles. The van der Waals surface area contributed by atoms with Crippen LogP contribution in [-0.4, -0.2) is 56.7 Å². The van der Waals surface area contributed by atoms with Crippen LogP contribution in [0.3, 0.4) is 0 Å². The number of amides is 1. The zero-order chi connectivity index (χ0) is 26.5. The Bertz CT molecular complexity index is 1250. The summed E-state index contributed by atoms with van der Waals surface area (Å²) in [4.78, 5) is 48.2. The number of hydrogen-bond donors (Lipinski definition) is 0. The lowest BCUT2D eigenvalue weighted by Gasteiger charge is -2.39. The Balaban J connectivity index is 1.54. The molecule has 1 fully saturated rings. The van der Waals surface area contributed by atoms with Gasteiger partial charge >= 0.3 is 0 Å². The molecule has 0 spiro atoms. The maximum atomic E-state index is 13.1. The SMILES string of the molecule is O=C(Cc1c([N+](=O)[O-])cc([N+](=O)[O-])cc1[N+](=O)[O-])N1CCN(C(c2ccccc2)c2ccccc2)CC1. The summed E-state index contributed by atoms with van der Waals surface area (Å²) < 4.78 is 0. The minimum Gasteiger partial charge on any atom is -0.340 e. The number of benzene rings is 3. The number of nitrogens with zero attached hydrogens (tertiary/aromatic N) is 5. The summed E-state index contributed by atoms with van der Waals surface area (Å²) in [5.74, 6) is -0.518. The van der Waals surface area contributed by atoms with Crippen molar-refractivity contribution in [1.29, 1.82) is 0 Å². The second kappa shape index (κ2) is 10.9. The van der Waals surface area contributed by atoms with Crippen LogP contribution in [0, 0.1) is 30.3 Å². The highest BCUT2D eigenvalue weighted by Crippen LogP contribution is 2.35. The van der Waals surface area contributed by atoms with E-state index < -0.39 is 49.7 Å². The summed E-state index contributed by atoms with van der Waals surface area (Å²) in [5, 5.41) is 34.2. The van der Waals surface area contributed by atoms with Crippen LogP contribution in [0.2, 0.25) is 0 Å². The van der Waals surface area contributed by atoms with Gasteiger partial charge in [-0.25, -0.2) is 0 Å². The van der Waals surface area contributed by atoms with Gasteiger partial charge in [0.1, 0.15) is 5.56 Å². The molecule has 0 aromatic heterocycles. The van der Waals surface area contributed by atoms with Gasteiger partial charge in [0.2, 0.25) is 5.91 Å². The van der Waals surface area contributed by atoms with Gasteiger partial charge in [0.05, 0.1) is 39.4 Å². The molecular formula is C25H23N5O7. The first-order valence-electron chi connectivity index (χ1n) is 11.5. The lowest BCUT2D eigenvalue weighted by Crippen LogP contribution is -2.50. The van der Waals surface area contributed by atoms with Gasteiger partial charge in [0.25, 0.3) is 17.1 Å². The van der Waals surface area contributed by atoms with Crippen LogP contribution in [-0.2, 0) is 11.2 Å². The van der Waals surface area contributed by atoms with Crippen LogP contribution in [0.4, 0.5) is 17.1 Å². The van der Waals surface area contributed by atoms with E-state index in [1.807, 2.05) is 60.7 Å². The van der Waals surface area contributed by atoms with Crippen molar-refractivity contribution in [3.8, 4) is 0 Å². The normalized spacial score (nSPS) is 13.9. The van der Waals surface area contributed by atoms with E-state index in [1.165, 1.54) is 4.90 Å². The first-order valence-corrected chi connectivity index (χ1v) is 11.5. The molecule has 0 saturated carbocycles. The van der Waals surface area contributed by atoms with Crippen molar-refractivity contribution in [3.05, 3.63) is 120 Å². The van der Waals surface area contributed by atoms with Gasteiger partial charge in [-0.1, -0.05) is 60.7 Å². The Labute approximate surface area is 211 Å². The lowest BCUT2D eigenvalue weighted by atomic mass is 9.96. The molecule has 12 heteroatoms. The molecule has 1 aliphatic rings. The van der Waals surface area contributed by atoms with Crippen LogP contribution < -0.4 is 0 Å². The van der Waals surface area contributed by atoms with E-state index in [2.05, 4.69) is 4.90 Å². The van der Waals surface area contributed by atoms with E-state index in [0.717, 1.165) is 11.1 Å². The van der Waals surface area contributed by atoms with Crippen molar-refractivity contribution in [2.75, 3.05) is 26.2 Å². The van der Waals surface area contributed by atoms with Crippen molar-refractivity contribution >= 4 is 23.0 Å². The third-order valence-corrected chi connectivity index (χ3v) is 6.38. The van der Waals surface area contributed by atoms with E-state index in [9.17, 15) is 35.1 Å². The number of piperazine rings is 1. The van der Waals surface area contributed by atoms with Crippen molar-refractivity contribution in [2.24, 2.45) is 0 Å². The summed E-state index contributed by atoms with van der Waals surface area (Å²) in [7, 11) is 0. The van der Waals surface area contributed by atoms with Crippen LogP contribution in [0.15, 0.2) is 72.8 Å². The van der Waals surface area contributed by atoms with Gasteiger partial charge < -0.3 is 4.90 Å². The Kier molecular flexibility index (Phi) is 7.49. The lowest BCUT2D eigenvalue weighted by molar-refractivity contribution is -0.404. The zero-order valence-corrected chi connectivity index (χ0v) is 19.6. The fraction of sp³-hybridized carbons (Fsp3) is 0.240. The summed E-state index contributed by atoms with van der Waals surface area (Å²) in [6.45, 7) is 1.68. The molecule has 0 aliphatic carbocycles. The standard InChI is InChI=1S/C25H23N5O7/c31-24(17-21-22(29(34)35)15-20(28(32)33)16-23(21)30(36)37)26-11-13-27(14-12-26)25(18-7-3-1-4-8-18)19-9-5-2-6-10-19/h1-10,15-16,25H,11-14,17H2. The van der Waals surface area contributed by atoms with Gasteiger partial charge in [-0.05, 0) is 11.1 Å². The number of hydrogen-bond acceptors (Lipinski definition) is 8. The smallest absolute Gasteiger partial charge is 0.286 e. The topological polar surface area (TPSA) is 153 Å². The molecule has 3 aromatic rings. The van der Waals surface area contributed by atoms with Crippen LogP contribution in [0.1, 0.15) is 22.7 Å². The number of rotatable bonds is 8. The summed E-state index contributed by atoms with van der Waals surface area (Å²) in [6.07, 6.45) is -0.606. The fourth-order valence-corrected chi connectivity index (χ4v) is 4.62. The fourth-order valence-electron chi connectivity index (χ4n) is 4.62. The molecule has 1 saturated heterocycles. The number of carbonyl (C=O) groups excluding carboxylic acids is 1. The largest absolute Gasteiger partial charge is 0.340 e. The van der Waals surface area contributed by atoms with Gasteiger partial charge in [-0.15, -0.1) is 0 Å². The molecule has 37 heavy (non-hydrogen) atoms. The predicted octanol–water partition coefficient (Wildman–Crippen LogP) is 3.89. The number of non-ortho nitro benzene ring substituents is 1. The third kappa shape index (κ3) is 5.59. The van der Waals surface area contributed by atoms with Crippen molar-refractivity contribution < 1.29 is 19.6 Å². The second-order valence-corrected chi connectivity index (χ2v) is 8.55. The van der Waals surface area contributed by atoms with E-state index in [0.29, 0.717) is 38.3 Å². The molecule has 0 unspecified atom stereocenters. The molecule has 190 valence electrons. The van der Waals surface area contributed by atoms with E-state index in [1.54, 1.807) is 0 Å². The molecule has 1 aliphatic heterocycles. The van der Waals surface area contributed by atoms with Gasteiger partial charge in [0, 0.05) is 26.2 Å². The summed E-state index contributed by atoms with van der Waals surface area (Å²) in [5.41, 5.74) is -0.658. The van der Waals surface area contributed by atoms with Crippen LogP contribution >= 0.6 is 0 Å². The Morgan fingerprint density at radius 2 is 1.19 bits per heavy atom. The maximum Gasteiger partial charge on any atom is 0.286 e. The van der Waals surface area contributed by atoms with Crippen LogP contribution in [0.5, 0.6) is 0 Å². The Morgan fingerprint density at radius 3 is 1.59 bits per heavy atom. The average Bonchev–Trinajstić information content (AvgIpc) is 2.90. The zero-order valence-electron chi connectivity index (χ0n) is 19.6. The van der Waals surface area contributed by atoms with Crippen molar-refractivity contribution in [3.63, 3.8) is 0 Å². The first-order chi connectivity index (χ1) is 17.8. The number of carbonyl (C=O) groups is 1. The molecule has 0 radical (unpaired) electrons. The highest BCUT2D eigenvalue weighted by Gasteiger charge is 2.34. The number of nitro groups is 3. The van der Waals surface area contributed by atoms with E-state index >= 15 is 0 Å². The Hall–Kier alpha value is -4.71. The highest BCUT2D eigenvalue weighted by atomic mass is 16.6. The predicted molar refractivity (Wildman–Crippen MR) is 133 cm³/mol. The monoisotopic (exact) mass is 505 g/mol. The summed E-state index contributed by atoms with van der Waals surface area (Å²) in [6, 6.07) is 21.2. The summed E-state index contributed by atoms with van der Waals surface area (Å²) >= 11 is 0. The molecule has 1 amide bonds. The molecular weight excluding hydrogens is 482 g/mol. The number of nitro benzene ring substituents is 3. The molecule has 0 N–H and O–H groups in total. The molecule has 3 aromatic carbocycles.